The van der Waals surface area contributed by atoms with Gasteiger partial charge in [0.25, 0.3) is 0 Å². The number of carbonyl (C=O) groups excluding carboxylic acids is 1. The molecule has 2 aliphatic carbocycles. The third-order valence-corrected chi connectivity index (χ3v) is 6.44. The zero-order valence-electron chi connectivity index (χ0n) is 17.6. The Morgan fingerprint density at radius 2 is 1.86 bits per heavy atom. The first kappa shape index (κ1) is 19.8. The first-order valence-corrected chi connectivity index (χ1v) is 10.7. The normalized spacial score (nSPS) is 26.0. The summed E-state index contributed by atoms with van der Waals surface area (Å²) in [6.07, 6.45) is 11.1. The smallest absolute Gasteiger partial charge is 0.225 e. The van der Waals surface area contributed by atoms with Gasteiger partial charge >= 0.3 is 0 Å². The minimum atomic E-state index is 0.256. The van der Waals surface area contributed by atoms with Crippen molar-refractivity contribution < 1.29 is 4.79 Å². The van der Waals surface area contributed by atoms with Crippen molar-refractivity contribution in [3.63, 3.8) is 0 Å². The Labute approximate surface area is 173 Å². The number of pyridine rings is 1. The van der Waals surface area contributed by atoms with Crippen molar-refractivity contribution in [3.05, 3.63) is 36.4 Å². The molecule has 4 rings (SSSR count). The molecule has 2 atom stereocenters. The van der Waals surface area contributed by atoms with Gasteiger partial charge in [0.15, 0.2) is 0 Å². The number of carbonyl (C=O) groups is 1. The topological polar surface area (TPSA) is 71.0 Å². The molecule has 154 valence electrons. The SMILES string of the molecule is C[C@H]1C[C@@H]1C(=O)NCC1CCC(c2nc(N(C)C)ncc2-c2ccncc2)CC1. The van der Waals surface area contributed by atoms with Gasteiger partial charge in [-0.3, -0.25) is 9.78 Å². The minimum Gasteiger partial charge on any atom is -0.356 e. The fraction of sp³-hybridized carbons (Fsp3) is 0.565. The summed E-state index contributed by atoms with van der Waals surface area (Å²) in [5, 5.41) is 3.18. The van der Waals surface area contributed by atoms with Crippen LogP contribution in [-0.4, -0.2) is 41.5 Å². The first-order valence-electron chi connectivity index (χ1n) is 10.7. The number of rotatable bonds is 6. The van der Waals surface area contributed by atoms with E-state index in [2.05, 4.69) is 22.2 Å². The van der Waals surface area contributed by atoms with Crippen LogP contribution in [0, 0.1) is 17.8 Å². The maximum atomic E-state index is 12.1. The van der Waals surface area contributed by atoms with E-state index < -0.39 is 0 Å². The zero-order chi connectivity index (χ0) is 20.4. The summed E-state index contributed by atoms with van der Waals surface area (Å²) in [5.74, 6) is 2.84. The number of amides is 1. The molecule has 6 nitrogen and oxygen atoms in total. The fourth-order valence-corrected chi connectivity index (χ4v) is 4.37. The van der Waals surface area contributed by atoms with Crippen LogP contribution in [0.15, 0.2) is 30.7 Å². The van der Waals surface area contributed by atoms with E-state index >= 15 is 0 Å². The lowest BCUT2D eigenvalue weighted by atomic mass is 9.79. The molecule has 6 heteroatoms. The number of nitrogens with one attached hydrogen (secondary N) is 1. The van der Waals surface area contributed by atoms with Gasteiger partial charge < -0.3 is 10.2 Å². The van der Waals surface area contributed by atoms with Crippen molar-refractivity contribution in [1.82, 2.24) is 20.3 Å². The van der Waals surface area contributed by atoms with Gasteiger partial charge in [-0.1, -0.05) is 6.92 Å². The van der Waals surface area contributed by atoms with Crippen LogP contribution >= 0.6 is 0 Å². The molecule has 2 fully saturated rings. The molecular formula is C23H31N5O. The Hall–Kier alpha value is -2.50. The highest BCUT2D eigenvalue weighted by molar-refractivity contribution is 5.81. The summed E-state index contributed by atoms with van der Waals surface area (Å²) in [6.45, 7) is 2.97. The number of hydrogen-bond donors (Lipinski definition) is 1. The van der Waals surface area contributed by atoms with Crippen LogP contribution in [-0.2, 0) is 4.79 Å². The molecule has 2 aromatic heterocycles. The molecule has 0 unspecified atom stereocenters. The van der Waals surface area contributed by atoms with Crippen LogP contribution in [0.4, 0.5) is 5.95 Å². The average Bonchev–Trinajstić information content (AvgIpc) is 3.49. The van der Waals surface area contributed by atoms with E-state index in [4.69, 9.17) is 4.98 Å². The lowest BCUT2D eigenvalue weighted by Crippen LogP contribution is -2.32. The molecule has 0 spiro atoms. The summed E-state index contributed by atoms with van der Waals surface area (Å²) in [5.41, 5.74) is 3.37. The van der Waals surface area contributed by atoms with Crippen molar-refractivity contribution >= 4 is 11.9 Å². The van der Waals surface area contributed by atoms with Gasteiger partial charge in [-0.15, -0.1) is 0 Å². The van der Waals surface area contributed by atoms with Crippen LogP contribution in [0.25, 0.3) is 11.1 Å². The van der Waals surface area contributed by atoms with E-state index in [1.807, 2.05) is 49.7 Å². The molecule has 1 N–H and O–H groups in total. The van der Waals surface area contributed by atoms with E-state index in [9.17, 15) is 4.79 Å². The van der Waals surface area contributed by atoms with Crippen LogP contribution < -0.4 is 10.2 Å². The van der Waals surface area contributed by atoms with E-state index in [1.165, 1.54) is 0 Å². The largest absolute Gasteiger partial charge is 0.356 e. The Morgan fingerprint density at radius 1 is 1.17 bits per heavy atom. The quantitative estimate of drug-likeness (QED) is 0.811. The first-order chi connectivity index (χ1) is 14.0. The molecule has 2 aliphatic rings. The third-order valence-electron chi connectivity index (χ3n) is 6.44. The number of hydrogen-bond acceptors (Lipinski definition) is 5. The predicted molar refractivity (Wildman–Crippen MR) is 115 cm³/mol. The van der Waals surface area contributed by atoms with Crippen LogP contribution in [0.3, 0.4) is 0 Å². The van der Waals surface area contributed by atoms with E-state index in [1.54, 1.807) is 0 Å². The van der Waals surface area contributed by atoms with Gasteiger partial charge in [0.2, 0.25) is 11.9 Å². The van der Waals surface area contributed by atoms with Crippen molar-refractivity contribution in [2.75, 3.05) is 25.5 Å². The van der Waals surface area contributed by atoms with Crippen LogP contribution in [0.2, 0.25) is 0 Å². The maximum absolute atomic E-state index is 12.1. The van der Waals surface area contributed by atoms with Crippen molar-refractivity contribution in [2.24, 2.45) is 17.8 Å². The Balaban J connectivity index is 1.44. The summed E-state index contributed by atoms with van der Waals surface area (Å²) in [7, 11) is 3.96. The molecule has 2 saturated carbocycles. The Kier molecular flexibility index (Phi) is 5.79. The Morgan fingerprint density at radius 3 is 2.48 bits per heavy atom. The molecule has 2 aromatic rings. The summed E-state index contributed by atoms with van der Waals surface area (Å²) < 4.78 is 0. The van der Waals surface area contributed by atoms with Crippen molar-refractivity contribution in [2.45, 2.75) is 44.9 Å². The molecule has 0 bridgehead atoms. The maximum Gasteiger partial charge on any atom is 0.225 e. The van der Waals surface area contributed by atoms with Gasteiger partial charge in [-0.25, -0.2) is 9.97 Å². The summed E-state index contributed by atoms with van der Waals surface area (Å²) in [4.78, 5) is 27.7. The van der Waals surface area contributed by atoms with E-state index in [-0.39, 0.29) is 11.8 Å². The predicted octanol–water partition coefficient (Wildman–Crippen LogP) is 3.65. The highest BCUT2D eigenvalue weighted by Crippen LogP contribution is 2.40. The fourth-order valence-electron chi connectivity index (χ4n) is 4.37. The van der Waals surface area contributed by atoms with E-state index in [0.717, 1.165) is 61.4 Å². The zero-order valence-corrected chi connectivity index (χ0v) is 17.6. The number of aromatic nitrogens is 3. The second-order valence-corrected chi connectivity index (χ2v) is 8.88. The van der Waals surface area contributed by atoms with Crippen LogP contribution in [0.1, 0.15) is 50.6 Å². The highest BCUT2D eigenvalue weighted by Gasteiger charge is 2.39. The monoisotopic (exact) mass is 393 g/mol. The summed E-state index contributed by atoms with van der Waals surface area (Å²) in [6, 6.07) is 4.05. The molecule has 0 aromatic carbocycles. The minimum absolute atomic E-state index is 0.256. The molecular weight excluding hydrogens is 362 g/mol. The number of anilines is 1. The Bertz CT molecular complexity index is 846. The van der Waals surface area contributed by atoms with Gasteiger partial charge in [0.1, 0.15) is 0 Å². The molecule has 29 heavy (non-hydrogen) atoms. The van der Waals surface area contributed by atoms with Crippen molar-refractivity contribution in [1.29, 1.82) is 0 Å². The second-order valence-electron chi connectivity index (χ2n) is 8.88. The van der Waals surface area contributed by atoms with Gasteiger partial charge in [-0.2, -0.15) is 0 Å². The molecule has 0 saturated heterocycles. The van der Waals surface area contributed by atoms with E-state index in [0.29, 0.717) is 17.8 Å². The van der Waals surface area contributed by atoms with Gasteiger partial charge in [-0.05, 0) is 61.6 Å². The highest BCUT2D eigenvalue weighted by atomic mass is 16.2. The van der Waals surface area contributed by atoms with Crippen LogP contribution in [0.5, 0.6) is 0 Å². The second kappa shape index (κ2) is 8.47. The number of nitrogens with zero attached hydrogens (tertiary/aromatic N) is 4. The lowest BCUT2D eigenvalue weighted by molar-refractivity contribution is -0.122. The molecule has 2 heterocycles. The van der Waals surface area contributed by atoms with Crippen molar-refractivity contribution in [3.8, 4) is 11.1 Å². The average molecular weight is 394 g/mol. The third kappa shape index (κ3) is 4.57. The van der Waals surface area contributed by atoms with Gasteiger partial charge in [0.05, 0.1) is 5.69 Å². The summed E-state index contributed by atoms with van der Waals surface area (Å²) >= 11 is 0. The lowest BCUT2D eigenvalue weighted by Gasteiger charge is -2.30. The molecule has 1 amide bonds. The molecule has 0 aliphatic heterocycles. The molecule has 0 radical (unpaired) electrons. The standard InChI is InChI=1S/C23H31N5O/c1-15-12-19(15)22(29)25-13-16-4-6-18(7-5-16)21-20(17-8-10-24-11-9-17)14-26-23(27-21)28(2)3/h8-11,14-16,18-19H,4-7,12-13H2,1-3H3,(H,25,29)/t15-,16?,18?,19-/m0/s1. The van der Waals surface area contributed by atoms with Gasteiger partial charge in [0, 0.05) is 56.6 Å².